The van der Waals surface area contributed by atoms with Crippen molar-refractivity contribution >= 4 is 29.4 Å². The summed E-state index contributed by atoms with van der Waals surface area (Å²) in [7, 11) is 1.60. The van der Waals surface area contributed by atoms with E-state index in [1.54, 1.807) is 41.6 Å². The molecule has 0 bridgehead atoms. The van der Waals surface area contributed by atoms with E-state index in [2.05, 4.69) is 30.2 Å². The first kappa shape index (κ1) is 28.5. The lowest BCUT2D eigenvalue weighted by molar-refractivity contribution is -0.218. The summed E-state index contributed by atoms with van der Waals surface area (Å²) in [5.74, 6) is 0.154. The molecule has 1 amide bonds. The first-order valence-corrected chi connectivity index (χ1v) is 13.2. The van der Waals surface area contributed by atoms with Crippen LogP contribution in [0.15, 0.2) is 72.6 Å². The first-order chi connectivity index (χ1) is 20.2. The van der Waals surface area contributed by atoms with Crippen molar-refractivity contribution in [1.82, 2.24) is 29.5 Å². The molecule has 1 aromatic carbocycles. The number of thiazole rings is 1. The van der Waals surface area contributed by atoms with Gasteiger partial charge in [-0.25, -0.2) is 4.98 Å². The van der Waals surface area contributed by atoms with Gasteiger partial charge >= 0.3 is 6.18 Å². The molecule has 0 fully saturated rings. The van der Waals surface area contributed by atoms with Crippen molar-refractivity contribution in [3.8, 4) is 27.7 Å². The summed E-state index contributed by atoms with van der Waals surface area (Å²) in [4.78, 5) is 32.4. The molecule has 5 aromatic rings. The highest BCUT2D eigenvalue weighted by Gasteiger charge is 2.42. The van der Waals surface area contributed by atoms with Crippen molar-refractivity contribution in [3.05, 3.63) is 83.9 Å². The van der Waals surface area contributed by atoms with Crippen molar-refractivity contribution in [2.75, 3.05) is 12.4 Å². The van der Waals surface area contributed by atoms with E-state index in [1.165, 1.54) is 23.7 Å². The fourth-order valence-corrected chi connectivity index (χ4v) is 4.71. The predicted molar refractivity (Wildman–Crippen MR) is 146 cm³/mol. The number of hydrogen-bond donors (Lipinski definition) is 1. The van der Waals surface area contributed by atoms with E-state index in [1.807, 2.05) is 30.5 Å². The van der Waals surface area contributed by atoms with E-state index < -0.39 is 24.7 Å². The fraction of sp³-hybridized carbons (Fsp3) is 0.185. The Kier molecular flexibility index (Phi) is 8.28. The molecule has 0 radical (unpaired) electrons. The molecular formula is C27H22F3N7O4S. The maximum Gasteiger partial charge on any atom is 0.427 e. The molecule has 15 heteroatoms. The van der Waals surface area contributed by atoms with Gasteiger partial charge in [0.05, 0.1) is 37.8 Å². The van der Waals surface area contributed by atoms with Gasteiger partial charge in [-0.2, -0.15) is 23.4 Å². The van der Waals surface area contributed by atoms with Crippen LogP contribution in [0.25, 0.3) is 22.0 Å². The van der Waals surface area contributed by atoms with Crippen LogP contribution < -0.4 is 10.1 Å². The van der Waals surface area contributed by atoms with Crippen LogP contribution >= 0.6 is 11.3 Å². The van der Waals surface area contributed by atoms with Gasteiger partial charge in [0.25, 0.3) is 12.4 Å². The third-order valence-corrected chi connectivity index (χ3v) is 6.87. The van der Waals surface area contributed by atoms with E-state index in [-0.39, 0.29) is 23.5 Å². The molecule has 0 aliphatic heterocycles. The average molecular weight is 598 g/mol. The predicted octanol–water partition coefficient (Wildman–Crippen LogP) is 4.68. The number of halogens is 3. The summed E-state index contributed by atoms with van der Waals surface area (Å²) < 4.78 is 52.0. The number of hydrogen-bond acceptors (Lipinski definition) is 9. The normalized spacial score (nSPS) is 12.1. The molecule has 4 aromatic heterocycles. The molecule has 0 aliphatic carbocycles. The number of benzene rings is 1. The average Bonchev–Trinajstić information content (AvgIpc) is 3.73. The number of amides is 1. The largest absolute Gasteiger partial charge is 0.497 e. The van der Waals surface area contributed by atoms with Crippen molar-refractivity contribution < 1.29 is 32.2 Å². The van der Waals surface area contributed by atoms with Gasteiger partial charge in [0.2, 0.25) is 6.10 Å². The van der Waals surface area contributed by atoms with Crippen LogP contribution in [0.4, 0.5) is 18.9 Å². The minimum Gasteiger partial charge on any atom is -0.497 e. The third kappa shape index (κ3) is 6.63. The van der Waals surface area contributed by atoms with Gasteiger partial charge in [0.1, 0.15) is 22.1 Å². The Balaban J connectivity index is 1.33. The number of nitrogens with zero attached hydrogens (tertiary/aromatic N) is 6. The quantitative estimate of drug-likeness (QED) is 0.218. The monoisotopic (exact) mass is 597 g/mol. The van der Waals surface area contributed by atoms with Crippen LogP contribution in [0, 0.1) is 0 Å². The maximum absolute atomic E-state index is 13.3. The summed E-state index contributed by atoms with van der Waals surface area (Å²) >= 11 is 1.24. The molecule has 4 heterocycles. The summed E-state index contributed by atoms with van der Waals surface area (Å²) in [6, 6.07) is 12.5. The molecule has 0 spiro atoms. The lowest BCUT2D eigenvalue weighted by atomic mass is 10.2. The molecule has 5 rings (SSSR count). The molecule has 1 atom stereocenters. The van der Waals surface area contributed by atoms with Gasteiger partial charge in [0, 0.05) is 29.5 Å². The molecule has 216 valence electrons. The second-order valence-electron chi connectivity index (χ2n) is 8.86. The van der Waals surface area contributed by atoms with Gasteiger partial charge < -0.3 is 14.8 Å². The van der Waals surface area contributed by atoms with E-state index in [9.17, 15) is 22.8 Å². The highest BCUT2D eigenvalue weighted by molar-refractivity contribution is 7.13. The van der Waals surface area contributed by atoms with Crippen LogP contribution in [0.3, 0.4) is 0 Å². The number of ether oxygens (including phenoxy) is 2. The molecule has 0 saturated heterocycles. The van der Waals surface area contributed by atoms with Crippen molar-refractivity contribution in [2.45, 2.75) is 25.4 Å². The Morgan fingerprint density at radius 3 is 2.64 bits per heavy atom. The maximum atomic E-state index is 13.3. The second kappa shape index (κ2) is 12.2. The van der Waals surface area contributed by atoms with Crippen LogP contribution in [-0.2, 0) is 22.6 Å². The van der Waals surface area contributed by atoms with Crippen molar-refractivity contribution in [3.63, 3.8) is 0 Å². The lowest BCUT2D eigenvalue weighted by Gasteiger charge is -2.18. The highest BCUT2D eigenvalue weighted by Crippen LogP contribution is 2.29. The summed E-state index contributed by atoms with van der Waals surface area (Å²) in [6.07, 6.45) is -1.10. The number of carbonyl (C=O) groups excluding carboxylic acids is 2. The van der Waals surface area contributed by atoms with Gasteiger partial charge in [-0.05, 0) is 29.8 Å². The zero-order chi connectivity index (χ0) is 29.7. The first-order valence-electron chi connectivity index (χ1n) is 12.3. The number of anilines is 1. The molecule has 1 unspecified atom stereocenters. The van der Waals surface area contributed by atoms with Crippen LogP contribution in [0.5, 0.6) is 5.75 Å². The number of aromatic nitrogens is 6. The zero-order valence-corrected chi connectivity index (χ0v) is 22.7. The van der Waals surface area contributed by atoms with Crippen molar-refractivity contribution in [2.24, 2.45) is 0 Å². The molecule has 42 heavy (non-hydrogen) atoms. The van der Waals surface area contributed by atoms with Crippen LogP contribution in [-0.4, -0.2) is 61.3 Å². The van der Waals surface area contributed by atoms with Gasteiger partial charge in [-0.1, -0.05) is 18.2 Å². The number of pyridine rings is 1. The lowest BCUT2D eigenvalue weighted by Crippen LogP contribution is -2.35. The molecule has 1 N–H and O–H groups in total. The smallest absolute Gasteiger partial charge is 0.427 e. The SMILES string of the molecule is COc1ccc(Cn2cc(-c3nc(C(=O)Nc4cn(CC(OC=O)C(F)(F)F)nc4-c4ccccn4)cs3)cn2)cc1. The van der Waals surface area contributed by atoms with Crippen LogP contribution in [0.2, 0.25) is 0 Å². The Morgan fingerprint density at radius 1 is 1.14 bits per heavy atom. The Labute approximate surface area is 240 Å². The van der Waals surface area contributed by atoms with E-state index >= 15 is 0 Å². The number of methoxy groups -OCH3 is 1. The number of alkyl halides is 3. The third-order valence-electron chi connectivity index (χ3n) is 5.98. The highest BCUT2D eigenvalue weighted by atomic mass is 32.1. The summed E-state index contributed by atoms with van der Waals surface area (Å²) in [5, 5.41) is 13.3. The zero-order valence-electron chi connectivity index (χ0n) is 21.9. The molecular weight excluding hydrogens is 575 g/mol. The topological polar surface area (TPSA) is 126 Å². The van der Waals surface area contributed by atoms with E-state index in [0.29, 0.717) is 22.8 Å². The second-order valence-corrected chi connectivity index (χ2v) is 9.72. The minimum atomic E-state index is -4.82. The number of rotatable bonds is 11. The summed E-state index contributed by atoms with van der Waals surface area (Å²) in [6.45, 7) is -0.567. The Morgan fingerprint density at radius 2 is 1.95 bits per heavy atom. The molecule has 0 saturated carbocycles. The van der Waals surface area contributed by atoms with Crippen LogP contribution in [0.1, 0.15) is 16.1 Å². The minimum absolute atomic E-state index is 0.0927. The van der Waals surface area contributed by atoms with Gasteiger partial charge in [0.15, 0.2) is 0 Å². The fourth-order valence-electron chi connectivity index (χ4n) is 3.93. The molecule has 0 aliphatic rings. The summed E-state index contributed by atoms with van der Waals surface area (Å²) in [5.41, 5.74) is 2.37. The van der Waals surface area contributed by atoms with Crippen molar-refractivity contribution in [1.29, 1.82) is 0 Å². The van der Waals surface area contributed by atoms with E-state index in [4.69, 9.17) is 4.74 Å². The van der Waals surface area contributed by atoms with Gasteiger partial charge in [-0.15, -0.1) is 11.3 Å². The Hall–Kier alpha value is -5.05. The standard InChI is InChI=1S/C27H22F3N7O4S/c1-40-19-7-5-17(6-8-19)11-36-12-18(10-32-36)26-34-22(15-42-26)25(39)33-21-13-37(14-23(41-16-38)27(28,29)30)35-24(21)20-4-2-3-9-31-20/h2-10,12-13,15-16,23H,11,14H2,1H3,(H,33,39). The molecule has 11 nitrogen and oxygen atoms in total. The van der Waals surface area contributed by atoms with E-state index in [0.717, 1.165) is 16.0 Å². The number of carbonyl (C=O) groups is 2. The Bertz CT molecular complexity index is 1670. The number of nitrogens with one attached hydrogen (secondary N) is 1. The van der Waals surface area contributed by atoms with Gasteiger partial charge in [-0.3, -0.25) is 23.9 Å².